The first-order chi connectivity index (χ1) is 7.33. The van der Waals surface area contributed by atoms with E-state index in [1.807, 2.05) is 7.11 Å². The van der Waals surface area contributed by atoms with Gasteiger partial charge in [-0.2, -0.15) is 0 Å². The van der Waals surface area contributed by atoms with E-state index in [-0.39, 0.29) is 0 Å². The molecule has 1 heteroatoms. The minimum Gasteiger partial charge on any atom is -0.381 e. The zero-order valence-electron chi connectivity index (χ0n) is 10.6. The van der Waals surface area contributed by atoms with Crippen LogP contribution in [0.1, 0.15) is 71.1 Å². The van der Waals surface area contributed by atoms with E-state index in [1.165, 1.54) is 64.2 Å². The molecule has 0 spiro atoms. The van der Waals surface area contributed by atoms with Gasteiger partial charge in [0.2, 0.25) is 0 Å². The van der Waals surface area contributed by atoms with Gasteiger partial charge < -0.3 is 4.74 Å². The lowest BCUT2D eigenvalue weighted by molar-refractivity contribution is 0.0710. The van der Waals surface area contributed by atoms with Crippen molar-refractivity contribution in [3.63, 3.8) is 0 Å². The van der Waals surface area contributed by atoms with Crippen molar-refractivity contribution >= 4 is 0 Å². The molecule has 0 amide bonds. The van der Waals surface area contributed by atoms with Crippen molar-refractivity contribution in [2.24, 2.45) is 5.92 Å². The summed E-state index contributed by atoms with van der Waals surface area (Å²) in [6.07, 6.45) is 14.8. The minimum absolute atomic E-state index is 0.587. The highest BCUT2D eigenvalue weighted by Crippen LogP contribution is 2.22. The highest BCUT2D eigenvalue weighted by Gasteiger charge is 2.10. The Morgan fingerprint density at radius 3 is 1.47 bits per heavy atom. The predicted octanol–water partition coefficient (Wildman–Crippen LogP) is 4.55. The Balaban J connectivity index is 0.000000151. The maximum absolute atomic E-state index is 5.19. The smallest absolute Gasteiger partial charge is 0.0571 e. The van der Waals surface area contributed by atoms with E-state index < -0.39 is 0 Å². The van der Waals surface area contributed by atoms with Crippen LogP contribution in [0, 0.1) is 5.92 Å². The molecule has 0 aliphatic heterocycles. The average Bonchev–Trinajstić information content (AvgIpc) is 2.32. The quantitative estimate of drug-likeness (QED) is 0.619. The fourth-order valence-corrected chi connectivity index (χ4v) is 2.61. The van der Waals surface area contributed by atoms with Crippen LogP contribution in [0.3, 0.4) is 0 Å². The van der Waals surface area contributed by atoms with Crippen molar-refractivity contribution in [1.82, 2.24) is 0 Å². The fraction of sp³-hybridized carbons (Fsp3) is 1.00. The number of methoxy groups -OCH3 is 1. The summed E-state index contributed by atoms with van der Waals surface area (Å²) in [6.45, 7) is 2.36. The van der Waals surface area contributed by atoms with E-state index >= 15 is 0 Å². The number of hydrogen-bond acceptors (Lipinski definition) is 1. The topological polar surface area (TPSA) is 9.23 Å². The highest BCUT2D eigenvalue weighted by molar-refractivity contribution is 4.63. The molecule has 2 aliphatic rings. The largest absolute Gasteiger partial charge is 0.381 e. The fourth-order valence-electron chi connectivity index (χ4n) is 2.61. The molecule has 2 fully saturated rings. The van der Waals surface area contributed by atoms with Gasteiger partial charge in [-0.3, -0.25) is 0 Å². The molecule has 2 aliphatic carbocycles. The standard InChI is InChI=1S/C7H14O.C7H14/c1-8-7-5-3-2-4-6-7;1-7-5-3-2-4-6-7/h7H,2-6H2,1H3;7H,2-6H2,1H3. The number of ether oxygens (including phenoxy) is 1. The summed E-state index contributed by atoms with van der Waals surface area (Å²) in [6, 6.07) is 0. The SMILES string of the molecule is CC1CCCCC1.COC1CCCCC1. The molecular formula is C14H28O. The first-order valence-corrected chi connectivity index (χ1v) is 6.85. The van der Waals surface area contributed by atoms with Crippen LogP contribution in [0.2, 0.25) is 0 Å². The summed E-state index contributed by atoms with van der Waals surface area (Å²) in [4.78, 5) is 0. The molecule has 0 aromatic carbocycles. The van der Waals surface area contributed by atoms with Crippen molar-refractivity contribution in [2.45, 2.75) is 77.2 Å². The maximum atomic E-state index is 5.19. The van der Waals surface area contributed by atoms with Crippen molar-refractivity contribution in [2.75, 3.05) is 7.11 Å². The second-order valence-corrected chi connectivity index (χ2v) is 5.24. The van der Waals surface area contributed by atoms with Crippen LogP contribution in [0.5, 0.6) is 0 Å². The molecule has 0 bridgehead atoms. The summed E-state index contributed by atoms with van der Waals surface area (Å²) >= 11 is 0. The van der Waals surface area contributed by atoms with E-state index in [2.05, 4.69) is 6.92 Å². The van der Waals surface area contributed by atoms with Gasteiger partial charge in [-0.25, -0.2) is 0 Å². The van der Waals surface area contributed by atoms with Crippen LogP contribution in [-0.4, -0.2) is 13.2 Å². The first-order valence-electron chi connectivity index (χ1n) is 6.85. The van der Waals surface area contributed by atoms with Gasteiger partial charge in [0.25, 0.3) is 0 Å². The summed E-state index contributed by atoms with van der Waals surface area (Å²) in [5.74, 6) is 1.04. The second kappa shape index (κ2) is 8.15. The minimum atomic E-state index is 0.587. The summed E-state index contributed by atoms with van der Waals surface area (Å²) in [5, 5.41) is 0. The zero-order chi connectivity index (χ0) is 10.9. The van der Waals surface area contributed by atoms with Crippen LogP contribution in [0.4, 0.5) is 0 Å². The molecule has 0 aromatic heterocycles. The third kappa shape index (κ3) is 6.19. The van der Waals surface area contributed by atoms with E-state index in [4.69, 9.17) is 4.74 Å². The zero-order valence-corrected chi connectivity index (χ0v) is 10.6. The molecule has 0 aromatic rings. The van der Waals surface area contributed by atoms with Gasteiger partial charge in [0, 0.05) is 7.11 Å². The Bertz CT molecular complexity index is 132. The lowest BCUT2D eigenvalue weighted by Crippen LogP contribution is -2.13. The Hall–Kier alpha value is -0.0400. The number of hydrogen-bond donors (Lipinski definition) is 0. The molecule has 2 rings (SSSR count). The van der Waals surface area contributed by atoms with E-state index in [1.54, 1.807) is 0 Å². The molecule has 1 nitrogen and oxygen atoms in total. The molecule has 0 N–H and O–H groups in total. The van der Waals surface area contributed by atoms with Crippen LogP contribution < -0.4 is 0 Å². The van der Waals surface area contributed by atoms with Gasteiger partial charge in [-0.15, -0.1) is 0 Å². The monoisotopic (exact) mass is 212 g/mol. The molecule has 0 unspecified atom stereocenters. The average molecular weight is 212 g/mol. The van der Waals surface area contributed by atoms with Gasteiger partial charge in [0.05, 0.1) is 6.10 Å². The predicted molar refractivity (Wildman–Crippen MR) is 66.1 cm³/mol. The van der Waals surface area contributed by atoms with E-state index in [9.17, 15) is 0 Å². The van der Waals surface area contributed by atoms with Crippen LogP contribution in [0.25, 0.3) is 0 Å². The molecule has 90 valence electrons. The Morgan fingerprint density at radius 2 is 1.20 bits per heavy atom. The molecule has 0 saturated heterocycles. The lowest BCUT2D eigenvalue weighted by Gasteiger charge is -2.19. The Morgan fingerprint density at radius 1 is 0.733 bits per heavy atom. The molecule has 0 radical (unpaired) electrons. The third-order valence-electron chi connectivity index (χ3n) is 3.78. The second-order valence-electron chi connectivity index (χ2n) is 5.24. The van der Waals surface area contributed by atoms with Crippen LogP contribution in [-0.2, 0) is 4.74 Å². The van der Waals surface area contributed by atoms with Crippen molar-refractivity contribution in [3.05, 3.63) is 0 Å². The molecule has 2 saturated carbocycles. The maximum Gasteiger partial charge on any atom is 0.0571 e. The van der Waals surface area contributed by atoms with Crippen molar-refractivity contribution < 1.29 is 4.74 Å². The third-order valence-corrected chi connectivity index (χ3v) is 3.78. The molecular weight excluding hydrogens is 184 g/mol. The van der Waals surface area contributed by atoms with Gasteiger partial charge >= 0.3 is 0 Å². The van der Waals surface area contributed by atoms with Gasteiger partial charge in [0.1, 0.15) is 0 Å². The van der Waals surface area contributed by atoms with Crippen molar-refractivity contribution in [1.29, 1.82) is 0 Å². The molecule has 0 atom stereocenters. The van der Waals surface area contributed by atoms with Crippen LogP contribution >= 0.6 is 0 Å². The summed E-state index contributed by atoms with van der Waals surface area (Å²) in [5.41, 5.74) is 0. The molecule has 15 heavy (non-hydrogen) atoms. The Labute approximate surface area is 95.6 Å². The van der Waals surface area contributed by atoms with Crippen molar-refractivity contribution in [3.8, 4) is 0 Å². The normalized spacial score (nSPS) is 24.4. The van der Waals surface area contributed by atoms with Crippen LogP contribution in [0.15, 0.2) is 0 Å². The van der Waals surface area contributed by atoms with E-state index in [0.29, 0.717) is 6.10 Å². The van der Waals surface area contributed by atoms with Gasteiger partial charge in [-0.05, 0) is 18.8 Å². The number of rotatable bonds is 1. The van der Waals surface area contributed by atoms with E-state index in [0.717, 1.165) is 5.92 Å². The highest BCUT2D eigenvalue weighted by atomic mass is 16.5. The van der Waals surface area contributed by atoms with Gasteiger partial charge in [0.15, 0.2) is 0 Å². The first kappa shape index (κ1) is 13.0. The Kier molecular flexibility index (Phi) is 7.08. The lowest BCUT2D eigenvalue weighted by atomic mass is 9.91. The van der Waals surface area contributed by atoms with Gasteiger partial charge in [-0.1, -0.05) is 58.3 Å². The summed E-state index contributed by atoms with van der Waals surface area (Å²) < 4.78 is 5.19. The molecule has 0 heterocycles. The summed E-state index contributed by atoms with van der Waals surface area (Å²) in [7, 11) is 1.82.